The summed E-state index contributed by atoms with van der Waals surface area (Å²) in [5.74, 6) is 3.00. The van der Waals surface area contributed by atoms with Crippen LogP contribution in [-0.2, 0) is 9.59 Å². The summed E-state index contributed by atoms with van der Waals surface area (Å²) in [4.78, 5) is 36.4. The van der Waals surface area contributed by atoms with E-state index in [1.807, 2.05) is 0 Å². The molecule has 31 heavy (non-hydrogen) atoms. The average Bonchev–Trinajstić information content (AvgIpc) is 3.06. The zero-order chi connectivity index (χ0) is 22.6. The van der Waals surface area contributed by atoms with E-state index >= 15 is 0 Å². The highest BCUT2D eigenvalue weighted by Crippen LogP contribution is 2.67. The first-order valence-electron chi connectivity index (χ1n) is 12.7. The Labute approximate surface area is 188 Å². The molecule has 0 aromatic heterocycles. The Bertz CT molecular complexity index is 785. The van der Waals surface area contributed by atoms with E-state index in [0.29, 0.717) is 23.2 Å². The van der Waals surface area contributed by atoms with Crippen molar-refractivity contribution in [2.24, 2.45) is 51.5 Å². The summed E-state index contributed by atoms with van der Waals surface area (Å²) in [6.07, 6.45) is 11.3. The summed E-state index contributed by atoms with van der Waals surface area (Å²) in [6, 6.07) is -0.437. The Hall–Kier alpha value is -1.32. The fourth-order valence-electron chi connectivity index (χ4n) is 8.65. The molecule has 4 heteroatoms. The van der Waals surface area contributed by atoms with Gasteiger partial charge in [-0.2, -0.15) is 4.91 Å². The van der Waals surface area contributed by atoms with Crippen LogP contribution < -0.4 is 0 Å². The number of nitrogens with zero attached hydrogens (tertiary/aromatic N) is 1. The van der Waals surface area contributed by atoms with Crippen molar-refractivity contribution in [2.45, 2.75) is 98.4 Å². The molecule has 0 N–H and O–H groups in total. The smallest absolute Gasteiger partial charge is 0.221 e. The van der Waals surface area contributed by atoms with Gasteiger partial charge in [0.05, 0.1) is 0 Å². The van der Waals surface area contributed by atoms with Gasteiger partial charge in [-0.25, -0.2) is 0 Å². The average molecular weight is 428 g/mol. The Kier molecular flexibility index (Phi) is 6.07. The van der Waals surface area contributed by atoms with Crippen LogP contribution in [0.25, 0.3) is 0 Å². The van der Waals surface area contributed by atoms with Gasteiger partial charge in [0.15, 0.2) is 0 Å². The molecular weight excluding hydrogens is 386 g/mol. The van der Waals surface area contributed by atoms with Crippen LogP contribution in [0.3, 0.4) is 0 Å². The first kappa shape index (κ1) is 22.9. The molecule has 172 valence electrons. The molecule has 3 fully saturated rings. The second-order valence-corrected chi connectivity index (χ2v) is 12.2. The lowest BCUT2D eigenvalue weighted by molar-refractivity contribution is -0.138. The number of hydrogen-bond acceptors (Lipinski definition) is 4. The lowest BCUT2D eigenvalue weighted by atomic mass is 9.45. The number of hydrogen-bond donors (Lipinski definition) is 0. The van der Waals surface area contributed by atoms with Crippen LogP contribution in [0.2, 0.25) is 0 Å². The van der Waals surface area contributed by atoms with E-state index in [1.165, 1.54) is 44.6 Å². The normalized spacial score (nSPS) is 43.2. The van der Waals surface area contributed by atoms with Gasteiger partial charge in [0.25, 0.3) is 0 Å². The maximum absolute atomic E-state index is 12.4. The largest absolute Gasteiger partial charge is 0.290 e. The molecule has 8 atom stereocenters. The van der Waals surface area contributed by atoms with Crippen molar-refractivity contribution >= 4 is 11.6 Å². The Balaban J connectivity index is 1.58. The molecule has 4 nitrogen and oxygen atoms in total. The lowest BCUT2D eigenvalue weighted by Crippen LogP contribution is -2.55. The predicted molar refractivity (Wildman–Crippen MR) is 123 cm³/mol. The van der Waals surface area contributed by atoms with E-state index < -0.39 is 11.8 Å². The van der Waals surface area contributed by atoms with Crippen molar-refractivity contribution in [3.8, 4) is 0 Å². The van der Waals surface area contributed by atoms with Crippen LogP contribution in [0, 0.1) is 51.2 Å². The number of ketones is 2. The van der Waals surface area contributed by atoms with Crippen LogP contribution in [0.5, 0.6) is 0 Å². The van der Waals surface area contributed by atoms with Crippen molar-refractivity contribution in [1.29, 1.82) is 0 Å². The third-order valence-electron chi connectivity index (χ3n) is 10.2. The highest BCUT2D eigenvalue weighted by atomic mass is 16.3. The molecule has 0 heterocycles. The van der Waals surface area contributed by atoms with Crippen molar-refractivity contribution in [3.63, 3.8) is 0 Å². The lowest BCUT2D eigenvalue weighted by Gasteiger charge is -2.59. The van der Waals surface area contributed by atoms with Gasteiger partial charge in [-0.15, -0.1) is 0 Å². The van der Waals surface area contributed by atoms with E-state index in [2.05, 4.69) is 39.8 Å². The topological polar surface area (TPSA) is 63.6 Å². The van der Waals surface area contributed by atoms with Gasteiger partial charge in [-0.1, -0.05) is 59.1 Å². The highest BCUT2D eigenvalue weighted by Gasteiger charge is 2.62. The fourth-order valence-corrected chi connectivity index (χ4v) is 8.65. The monoisotopic (exact) mass is 427 g/mol. The molecule has 0 amide bonds. The maximum Gasteiger partial charge on any atom is 0.221 e. The molecule has 1 unspecified atom stereocenters. The molecule has 0 aromatic rings. The minimum atomic E-state index is -0.437. The molecule has 0 bridgehead atoms. The Morgan fingerprint density at radius 1 is 1.06 bits per heavy atom. The van der Waals surface area contributed by atoms with Gasteiger partial charge in [0, 0.05) is 11.8 Å². The molecule has 0 spiro atoms. The van der Waals surface area contributed by atoms with Crippen LogP contribution in [0.4, 0.5) is 0 Å². The number of rotatable bonds is 6. The van der Waals surface area contributed by atoms with Crippen molar-refractivity contribution in [3.05, 3.63) is 16.6 Å². The Morgan fingerprint density at radius 2 is 1.81 bits per heavy atom. The van der Waals surface area contributed by atoms with E-state index in [0.717, 1.165) is 36.2 Å². The molecule has 0 radical (unpaired) electrons. The van der Waals surface area contributed by atoms with Crippen molar-refractivity contribution in [1.82, 2.24) is 0 Å². The van der Waals surface area contributed by atoms with Gasteiger partial charge < -0.3 is 0 Å². The van der Waals surface area contributed by atoms with Crippen LogP contribution >= 0.6 is 0 Å². The molecule has 0 aliphatic heterocycles. The summed E-state index contributed by atoms with van der Waals surface area (Å²) in [5, 5.41) is 3.49. The first-order valence-corrected chi connectivity index (χ1v) is 12.7. The summed E-state index contributed by atoms with van der Waals surface area (Å²) >= 11 is 0. The van der Waals surface area contributed by atoms with E-state index in [9.17, 15) is 14.5 Å². The quantitative estimate of drug-likeness (QED) is 0.358. The predicted octanol–water partition coefficient (Wildman–Crippen LogP) is 6.52. The van der Waals surface area contributed by atoms with Gasteiger partial charge in [-0.3, -0.25) is 9.59 Å². The summed E-state index contributed by atoms with van der Waals surface area (Å²) < 4.78 is 0. The van der Waals surface area contributed by atoms with E-state index in [4.69, 9.17) is 0 Å². The second-order valence-electron chi connectivity index (χ2n) is 12.2. The zero-order valence-electron chi connectivity index (χ0n) is 20.2. The van der Waals surface area contributed by atoms with Crippen LogP contribution in [-0.4, -0.2) is 17.6 Å². The van der Waals surface area contributed by atoms with Crippen molar-refractivity contribution < 1.29 is 9.59 Å². The molecule has 4 rings (SSSR count). The molecule has 3 saturated carbocycles. The minimum absolute atomic E-state index is 0.267. The number of fused-ring (bicyclic) bond motifs is 5. The number of nitroso groups, excluding NO2 is 1. The van der Waals surface area contributed by atoms with E-state index in [1.54, 1.807) is 0 Å². The maximum atomic E-state index is 12.4. The zero-order valence-corrected chi connectivity index (χ0v) is 20.2. The summed E-state index contributed by atoms with van der Waals surface area (Å²) in [6.45, 7) is 11.8. The molecule has 0 aromatic carbocycles. The third-order valence-corrected chi connectivity index (χ3v) is 10.2. The molecular formula is C27H41NO3. The standard InChI is InChI=1S/C27H41NO3/c1-16(2)7-6-8-17(3)19-9-10-20-18-13-23(28-31)22-14-24(29)25(30)15-27(22,5)21(18)11-12-26(19,20)4/h14,16-21,23H,6-13,15H2,1-5H3/t17-,18+,19-,20+,21+,23?,26-,27-/m1/s1. The summed E-state index contributed by atoms with van der Waals surface area (Å²) in [5.41, 5.74) is 0.820. The number of carbonyl (C=O) groups is 2. The van der Waals surface area contributed by atoms with E-state index in [-0.39, 0.29) is 17.6 Å². The van der Waals surface area contributed by atoms with Crippen molar-refractivity contribution in [2.75, 3.05) is 0 Å². The SMILES string of the molecule is CC(C)CCC[C@@H](C)[C@H]1CC[C@H]2[C@@H]3CC(N=O)C4=CC(=O)C(=O)C[C@]4(C)[C@H]3CC[C@]12C. The third kappa shape index (κ3) is 3.66. The highest BCUT2D eigenvalue weighted by molar-refractivity contribution is 6.42. The van der Waals surface area contributed by atoms with Gasteiger partial charge >= 0.3 is 0 Å². The fraction of sp³-hybridized carbons (Fsp3) is 0.852. The summed E-state index contributed by atoms with van der Waals surface area (Å²) in [7, 11) is 0. The van der Waals surface area contributed by atoms with Crippen LogP contribution in [0.1, 0.15) is 92.4 Å². The van der Waals surface area contributed by atoms with Gasteiger partial charge in [0.2, 0.25) is 11.6 Å². The molecule has 0 saturated heterocycles. The first-order chi connectivity index (χ1) is 14.6. The second kappa shape index (κ2) is 8.23. The minimum Gasteiger partial charge on any atom is -0.290 e. The van der Waals surface area contributed by atoms with Crippen LogP contribution in [0.15, 0.2) is 16.8 Å². The number of carbonyl (C=O) groups excluding carboxylic acids is 2. The van der Waals surface area contributed by atoms with Gasteiger partial charge in [-0.05, 0) is 84.7 Å². The number of Topliss-reactive ketones (excluding diaryl/α,β-unsaturated/α-hetero) is 1. The Morgan fingerprint density at radius 3 is 2.48 bits per heavy atom. The molecule has 4 aliphatic rings. The van der Waals surface area contributed by atoms with Gasteiger partial charge in [0.1, 0.15) is 6.04 Å². The molecule has 4 aliphatic carbocycles.